The molecule has 8 heteroatoms. The Morgan fingerprint density at radius 1 is 1.61 bits per heavy atom. The third-order valence-corrected chi connectivity index (χ3v) is 3.11. The van der Waals surface area contributed by atoms with E-state index in [-0.39, 0.29) is 0 Å². The Bertz CT molecular complexity index is 405. The molecule has 0 spiro atoms. The molecule has 0 aliphatic heterocycles. The number of imidazole rings is 1. The molecule has 0 aliphatic carbocycles. The third-order valence-electron chi connectivity index (χ3n) is 2.11. The van der Waals surface area contributed by atoms with Crippen molar-refractivity contribution < 1.29 is 18.0 Å². The van der Waals surface area contributed by atoms with Crippen LogP contribution in [0.2, 0.25) is 0 Å². The van der Waals surface area contributed by atoms with Crippen molar-refractivity contribution in [2.24, 2.45) is 0 Å². The summed E-state index contributed by atoms with van der Waals surface area (Å²) < 4.78 is 35.7. The largest absolute Gasteiger partial charge is 0.405 e. The number of nitrogens with one attached hydrogen (secondary N) is 2. The number of rotatable bonds is 5. The average molecular weight is 281 g/mol. The van der Waals surface area contributed by atoms with Crippen molar-refractivity contribution in [2.75, 3.05) is 6.54 Å². The number of thioether (sulfide) groups is 1. The lowest BCUT2D eigenvalue weighted by Crippen LogP contribution is -2.38. The summed E-state index contributed by atoms with van der Waals surface area (Å²) in [6, 6.07) is 0. The predicted molar refractivity (Wildman–Crippen MR) is 62.3 cm³/mol. The molecule has 1 heterocycles. The lowest BCUT2D eigenvalue weighted by atomic mass is 10.4. The van der Waals surface area contributed by atoms with Crippen molar-refractivity contribution >= 4 is 17.7 Å². The molecule has 1 aromatic rings. The lowest BCUT2D eigenvalue weighted by Gasteiger charge is -2.12. The van der Waals surface area contributed by atoms with Gasteiger partial charge >= 0.3 is 6.18 Å². The second kappa shape index (κ2) is 6.12. The number of amides is 1. The van der Waals surface area contributed by atoms with Crippen LogP contribution in [0.3, 0.4) is 0 Å². The van der Waals surface area contributed by atoms with Crippen molar-refractivity contribution in [3.63, 3.8) is 0 Å². The van der Waals surface area contributed by atoms with Crippen molar-refractivity contribution in [2.45, 2.75) is 36.9 Å². The van der Waals surface area contributed by atoms with Crippen LogP contribution >= 0.6 is 11.8 Å². The zero-order valence-electron chi connectivity index (χ0n) is 9.97. The van der Waals surface area contributed by atoms with Crippen LogP contribution in [0.15, 0.2) is 11.4 Å². The minimum Gasteiger partial charge on any atom is -0.346 e. The molecule has 1 atom stereocenters. The first kappa shape index (κ1) is 14.9. The van der Waals surface area contributed by atoms with Crippen LogP contribution in [0.4, 0.5) is 13.2 Å². The lowest BCUT2D eigenvalue weighted by molar-refractivity contribution is -0.137. The maximum atomic E-state index is 11.9. The van der Waals surface area contributed by atoms with Gasteiger partial charge in [0, 0.05) is 11.9 Å². The summed E-state index contributed by atoms with van der Waals surface area (Å²) in [7, 11) is 0. The number of carbonyl (C=O) groups is 1. The quantitative estimate of drug-likeness (QED) is 0.813. The topological polar surface area (TPSA) is 57.8 Å². The molecule has 1 rings (SSSR count). The molecule has 4 nitrogen and oxygen atoms in total. The van der Waals surface area contributed by atoms with Crippen LogP contribution in [0.1, 0.15) is 19.5 Å². The fourth-order valence-corrected chi connectivity index (χ4v) is 1.96. The smallest absolute Gasteiger partial charge is 0.346 e. The Labute approximate surface area is 107 Å². The molecule has 0 saturated carbocycles. The Kier molecular flexibility index (Phi) is 5.06. The summed E-state index contributed by atoms with van der Waals surface area (Å²) in [6.45, 7) is 2.17. The van der Waals surface area contributed by atoms with E-state index in [4.69, 9.17) is 0 Å². The zero-order chi connectivity index (χ0) is 13.8. The number of nitrogens with zero attached hydrogens (tertiary/aromatic N) is 1. The average Bonchev–Trinajstić information content (AvgIpc) is 2.72. The van der Waals surface area contributed by atoms with Crippen molar-refractivity contribution in [1.29, 1.82) is 0 Å². The van der Waals surface area contributed by atoms with E-state index in [2.05, 4.69) is 9.97 Å². The number of alkyl halides is 3. The molecule has 0 aliphatic rings. The van der Waals surface area contributed by atoms with Gasteiger partial charge in [-0.25, -0.2) is 4.98 Å². The van der Waals surface area contributed by atoms with Crippen LogP contribution in [0, 0.1) is 0 Å². The number of H-pyrrole nitrogens is 1. The first-order valence-corrected chi connectivity index (χ1v) is 6.24. The fraction of sp³-hybridized carbons (Fsp3) is 0.600. The van der Waals surface area contributed by atoms with Gasteiger partial charge in [-0.2, -0.15) is 13.2 Å². The van der Waals surface area contributed by atoms with E-state index in [1.54, 1.807) is 6.20 Å². The fourth-order valence-electron chi connectivity index (χ4n) is 1.13. The Hall–Kier alpha value is -1.18. The highest BCUT2D eigenvalue weighted by molar-refractivity contribution is 8.00. The molecule has 18 heavy (non-hydrogen) atoms. The Morgan fingerprint density at radius 2 is 2.28 bits per heavy atom. The summed E-state index contributed by atoms with van der Waals surface area (Å²) in [6.07, 6.45) is -1.97. The minimum atomic E-state index is -4.39. The monoisotopic (exact) mass is 281 g/mol. The number of hydrogen-bond acceptors (Lipinski definition) is 3. The van der Waals surface area contributed by atoms with Crippen molar-refractivity contribution in [3.8, 4) is 0 Å². The predicted octanol–water partition coefficient (Wildman–Crippen LogP) is 2.13. The molecule has 0 fully saturated rings. The van der Waals surface area contributed by atoms with E-state index in [1.807, 2.05) is 12.2 Å². The van der Waals surface area contributed by atoms with Crippen LogP contribution in [0.5, 0.6) is 0 Å². The first-order chi connectivity index (χ1) is 8.31. The highest BCUT2D eigenvalue weighted by Crippen LogP contribution is 2.20. The number of halogens is 3. The van der Waals surface area contributed by atoms with Crippen LogP contribution in [-0.4, -0.2) is 33.8 Å². The molecule has 102 valence electrons. The third kappa shape index (κ3) is 4.99. The SMILES string of the molecule is CCc1cnc(S[C@@H](C)C(=O)NCC(F)(F)F)[nH]1. The minimum absolute atomic E-state index is 0.529. The number of aryl methyl sites for hydroxylation is 1. The number of aromatic nitrogens is 2. The van der Waals surface area contributed by atoms with Gasteiger partial charge in [-0.1, -0.05) is 18.7 Å². The highest BCUT2D eigenvalue weighted by Gasteiger charge is 2.29. The molecule has 0 saturated heterocycles. The van der Waals surface area contributed by atoms with Gasteiger partial charge in [0.05, 0.1) is 5.25 Å². The van der Waals surface area contributed by atoms with Gasteiger partial charge in [0.1, 0.15) is 6.54 Å². The van der Waals surface area contributed by atoms with E-state index >= 15 is 0 Å². The van der Waals surface area contributed by atoms with E-state index in [0.717, 1.165) is 23.9 Å². The van der Waals surface area contributed by atoms with E-state index in [1.165, 1.54) is 6.92 Å². The Morgan fingerprint density at radius 3 is 2.78 bits per heavy atom. The summed E-state index contributed by atoms with van der Waals surface area (Å²) in [5.74, 6) is -0.660. The van der Waals surface area contributed by atoms with Gasteiger partial charge in [-0.15, -0.1) is 0 Å². The van der Waals surface area contributed by atoms with Crippen molar-refractivity contribution in [1.82, 2.24) is 15.3 Å². The number of aromatic amines is 1. The van der Waals surface area contributed by atoms with E-state index < -0.39 is 23.9 Å². The molecule has 1 aromatic heterocycles. The van der Waals surface area contributed by atoms with Gasteiger partial charge in [0.25, 0.3) is 0 Å². The molecule has 2 N–H and O–H groups in total. The van der Waals surface area contributed by atoms with Gasteiger partial charge < -0.3 is 10.3 Å². The zero-order valence-corrected chi connectivity index (χ0v) is 10.8. The van der Waals surface area contributed by atoms with Crippen LogP contribution < -0.4 is 5.32 Å². The molecular weight excluding hydrogens is 267 g/mol. The molecule has 0 bridgehead atoms. The number of hydrogen-bond donors (Lipinski definition) is 2. The van der Waals surface area contributed by atoms with Crippen LogP contribution in [0.25, 0.3) is 0 Å². The molecule has 0 radical (unpaired) electrons. The van der Waals surface area contributed by atoms with E-state index in [9.17, 15) is 18.0 Å². The van der Waals surface area contributed by atoms with Gasteiger partial charge in [0.15, 0.2) is 5.16 Å². The standard InChI is InChI=1S/C10H14F3N3OS/c1-3-7-4-14-9(16-7)18-6(2)8(17)15-5-10(11,12)13/h4,6H,3,5H2,1-2H3,(H,14,16)(H,15,17)/t6-/m0/s1. The maximum absolute atomic E-state index is 11.9. The first-order valence-electron chi connectivity index (χ1n) is 5.37. The molecule has 0 unspecified atom stereocenters. The van der Waals surface area contributed by atoms with Gasteiger partial charge in [0.2, 0.25) is 5.91 Å². The summed E-state index contributed by atoms with van der Waals surface area (Å²) in [5.41, 5.74) is 0.917. The second-order valence-electron chi connectivity index (χ2n) is 3.66. The molecular formula is C10H14F3N3OS. The molecule has 1 amide bonds. The summed E-state index contributed by atoms with van der Waals surface area (Å²) in [5, 5.41) is 1.73. The van der Waals surface area contributed by atoms with E-state index in [0.29, 0.717) is 5.16 Å². The maximum Gasteiger partial charge on any atom is 0.405 e. The summed E-state index contributed by atoms with van der Waals surface area (Å²) >= 11 is 1.09. The van der Waals surface area contributed by atoms with Gasteiger partial charge in [-0.3, -0.25) is 4.79 Å². The normalized spacial score (nSPS) is 13.4. The van der Waals surface area contributed by atoms with Crippen molar-refractivity contribution in [3.05, 3.63) is 11.9 Å². The highest BCUT2D eigenvalue weighted by atomic mass is 32.2. The molecule has 0 aromatic carbocycles. The van der Waals surface area contributed by atoms with Gasteiger partial charge in [-0.05, 0) is 13.3 Å². The Balaban J connectivity index is 2.44. The van der Waals surface area contributed by atoms with Crippen LogP contribution in [-0.2, 0) is 11.2 Å². The number of carbonyl (C=O) groups excluding carboxylic acids is 1. The summed E-state index contributed by atoms with van der Waals surface area (Å²) in [4.78, 5) is 18.4. The second-order valence-corrected chi connectivity index (χ2v) is 4.99.